The molecule has 17 heavy (non-hydrogen) atoms. The highest BCUT2D eigenvalue weighted by molar-refractivity contribution is 5.77. The largest absolute Gasteiger partial charge is 0.480 e. The Morgan fingerprint density at radius 2 is 2.00 bits per heavy atom. The molecule has 1 fully saturated rings. The monoisotopic (exact) mass is 242 g/mol. The summed E-state index contributed by atoms with van der Waals surface area (Å²) in [6, 6.07) is 0.692. The van der Waals surface area contributed by atoms with Crippen LogP contribution in [0.5, 0.6) is 0 Å². The molecule has 4 heteroatoms. The van der Waals surface area contributed by atoms with Crippen LogP contribution in [-0.4, -0.2) is 41.1 Å². The van der Waals surface area contributed by atoms with Gasteiger partial charge in [0, 0.05) is 6.04 Å². The van der Waals surface area contributed by atoms with E-state index in [0.717, 1.165) is 13.0 Å². The van der Waals surface area contributed by atoms with Crippen molar-refractivity contribution in [3.8, 4) is 0 Å². The molecule has 0 bridgehead atoms. The van der Waals surface area contributed by atoms with Crippen molar-refractivity contribution in [3.05, 3.63) is 0 Å². The minimum absolute atomic E-state index is 0.541. The molecular formula is C13H26N2O2. The van der Waals surface area contributed by atoms with Crippen LogP contribution in [0.3, 0.4) is 0 Å². The van der Waals surface area contributed by atoms with Crippen LogP contribution in [-0.2, 0) is 4.79 Å². The minimum Gasteiger partial charge on any atom is -0.480 e. The Labute approximate surface area is 104 Å². The molecule has 1 saturated carbocycles. The van der Waals surface area contributed by atoms with Gasteiger partial charge in [0.05, 0.1) is 0 Å². The third-order valence-corrected chi connectivity index (χ3v) is 3.89. The summed E-state index contributed by atoms with van der Waals surface area (Å²) in [6.07, 6.45) is 8.00. The third-order valence-electron chi connectivity index (χ3n) is 3.89. The van der Waals surface area contributed by atoms with E-state index in [1.165, 1.54) is 32.1 Å². The van der Waals surface area contributed by atoms with Crippen molar-refractivity contribution >= 4 is 5.97 Å². The van der Waals surface area contributed by atoms with Crippen molar-refractivity contribution in [3.63, 3.8) is 0 Å². The van der Waals surface area contributed by atoms with Gasteiger partial charge < -0.3 is 15.7 Å². The van der Waals surface area contributed by atoms with Gasteiger partial charge in [-0.3, -0.25) is 4.79 Å². The van der Waals surface area contributed by atoms with Gasteiger partial charge in [0.25, 0.3) is 0 Å². The van der Waals surface area contributed by atoms with E-state index < -0.39 is 11.5 Å². The molecular weight excluding hydrogens is 216 g/mol. The summed E-state index contributed by atoms with van der Waals surface area (Å²) < 4.78 is 0. The van der Waals surface area contributed by atoms with Crippen molar-refractivity contribution in [2.24, 2.45) is 5.73 Å². The zero-order chi connectivity index (χ0) is 12.9. The van der Waals surface area contributed by atoms with E-state index in [9.17, 15) is 4.79 Å². The number of hydrogen-bond acceptors (Lipinski definition) is 3. The second kappa shape index (κ2) is 6.36. The van der Waals surface area contributed by atoms with E-state index in [-0.39, 0.29) is 0 Å². The van der Waals surface area contributed by atoms with Crippen LogP contribution in [0.2, 0.25) is 0 Å². The number of carboxylic acids is 1. The topological polar surface area (TPSA) is 66.6 Å². The Morgan fingerprint density at radius 1 is 1.41 bits per heavy atom. The molecule has 0 radical (unpaired) electrons. The van der Waals surface area contributed by atoms with E-state index in [4.69, 9.17) is 10.8 Å². The summed E-state index contributed by atoms with van der Waals surface area (Å²) in [6.45, 7) is 2.54. The first-order valence-electron chi connectivity index (χ1n) is 6.66. The van der Waals surface area contributed by atoms with Crippen LogP contribution < -0.4 is 5.73 Å². The molecule has 100 valence electrons. The normalized spacial score (nSPS) is 21.4. The molecule has 4 nitrogen and oxygen atoms in total. The number of carboxylic acid groups (broad SMARTS) is 1. The summed E-state index contributed by atoms with van der Waals surface area (Å²) in [4.78, 5) is 13.2. The second-order valence-electron chi connectivity index (χ2n) is 5.60. The highest BCUT2D eigenvalue weighted by Gasteiger charge is 2.27. The van der Waals surface area contributed by atoms with Crippen LogP contribution in [0, 0.1) is 0 Å². The molecule has 1 aliphatic carbocycles. The van der Waals surface area contributed by atoms with Crippen LogP contribution >= 0.6 is 0 Å². The Balaban J connectivity index is 2.23. The molecule has 0 heterocycles. The highest BCUT2D eigenvalue weighted by Crippen LogP contribution is 2.22. The standard InChI is InChI=1S/C13H26N2O2/c1-13(14,12(16)17)9-6-10-15(2)11-7-4-3-5-8-11/h11H,3-10,14H2,1-2H3,(H,16,17). The van der Waals surface area contributed by atoms with Gasteiger partial charge in [0.2, 0.25) is 0 Å². The first kappa shape index (κ1) is 14.5. The molecule has 0 aromatic rings. The van der Waals surface area contributed by atoms with Crippen molar-refractivity contribution in [1.82, 2.24) is 4.90 Å². The molecule has 0 aliphatic heterocycles. The summed E-state index contributed by atoms with van der Waals surface area (Å²) in [7, 11) is 2.14. The lowest BCUT2D eigenvalue weighted by molar-refractivity contribution is -0.142. The van der Waals surface area contributed by atoms with E-state index in [0.29, 0.717) is 12.5 Å². The Kier molecular flexibility index (Phi) is 5.40. The van der Waals surface area contributed by atoms with Gasteiger partial charge in [-0.2, -0.15) is 0 Å². The van der Waals surface area contributed by atoms with E-state index in [2.05, 4.69) is 11.9 Å². The average molecular weight is 242 g/mol. The van der Waals surface area contributed by atoms with Gasteiger partial charge >= 0.3 is 5.97 Å². The van der Waals surface area contributed by atoms with Gasteiger partial charge in [-0.15, -0.1) is 0 Å². The van der Waals surface area contributed by atoms with Gasteiger partial charge in [0.15, 0.2) is 0 Å². The van der Waals surface area contributed by atoms with Crippen molar-refractivity contribution in [1.29, 1.82) is 0 Å². The summed E-state index contributed by atoms with van der Waals surface area (Å²) in [5.74, 6) is -0.905. The van der Waals surface area contributed by atoms with Crippen molar-refractivity contribution in [2.75, 3.05) is 13.6 Å². The zero-order valence-electron chi connectivity index (χ0n) is 11.1. The number of nitrogens with zero attached hydrogens (tertiary/aromatic N) is 1. The lowest BCUT2D eigenvalue weighted by atomic mass is 9.93. The predicted octanol–water partition coefficient (Wildman–Crippen LogP) is 1.83. The maximum atomic E-state index is 10.9. The lowest BCUT2D eigenvalue weighted by Crippen LogP contribution is -2.45. The van der Waals surface area contributed by atoms with E-state index >= 15 is 0 Å². The van der Waals surface area contributed by atoms with Crippen LogP contribution in [0.15, 0.2) is 0 Å². The fraction of sp³-hybridized carbons (Fsp3) is 0.923. The first-order chi connectivity index (χ1) is 7.93. The van der Waals surface area contributed by atoms with Crippen LogP contribution in [0.1, 0.15) is 51.9 Å². The quantitative estimate of drug-likeness (QED) is 0.745. The summed E-state index contributed by atoms with van der Waals surface area (Å²) in [5, 5.41) is 8.92. The number of carbonyl (C=O) groups is 1. The molecule has 1 unspecified atom stereocenters. The summed E-state index contributed by atoms with van der Waals surface area (Å²) in [5.41, 5.74) is 4.63. The smallest absolute Gasteiger partial charge is 0.323 e. The van der Waals surface area contributed by atoms with Gasteiger partial charge in [-0.05, 0) is 46.2 Å². The van der Waals surface area contributed by atoms with Crippen molar-refractivity contribution < 1.29 is 9.90 Å². The minimum atomic E-state index is -1.08. The van der Waals surface area contributed by atoms with Crippen molar-refractivity contribution in [2.45, 2.75) is 63.5 Å². The number of aliphatic carboxylic acids is 1. The molecule has 1 rings (SSSR count). The Bertz CT molecular complexity index is 248. The predicted molar refractivity (Wildman–Crippen MR) is 69.0 cm³/mol. The highest BCUT2D eigenvalue weighted by atomic mass is 16.4. The van der Waals surface area contributed by atoms with Crippen LogP contribution in [0.4, 0.5) is 0 Å². The van der Waals surface area contributed by atoms with Gasteiger partial charge in [0.1, 0.15) is 5.54 Å². The molecule has 1 atom stereocenters. The molecule has 0 aromatic heterocycles. The SMILES string of the molecule is CN(CCCC(C)(N)C(=O)O)C1CCCCC1. The number of rotatable bonds is 6. The van der Waals surface area contributed by atoms with Gasteiger partial charge in [-0.25, -0.2) is 0 Å². The van der Waals surface area contributed by atoms with Gasteiger partial charge in [-0.1, -0.05) is 19.3 Å². The fourth-order valence-electron chi connectivity index (χ4n) is 2.51. The lowest BCUT2D eigenvalue weighted by Gasteiger charge is -2.31. The Morgan fingerprint density at radius 3 is 2.53 bits per heavy atom. The third kappa shape index (κ3) is 4.64. The molecule has 0 spiro atoms. The number of nitrogens with two attached hydrogens (primary N) is 1. The molecule has 1 aliphatic rings. The average Bonchev–Trinajstić information content (AvgIpc) is 2.29. The first-order valence-corrected chi connectivity index (χ1v) is 6.66. The molecule has 3 N–H and O–H groups in total. The number of hydrogen-bond donors (Lipinski definition) is 2. The fourth-order valence-corrected chi connectivity index (χ4v) is 2.51. The maximum absolute atomic E-state index is 10.9. The second-order valence-corrected chi connectivity index (χ2v) is 5.60. The maximum Gasteiger partial charge on any atom is 0.323 e. The zero-order valence-corrected chi connectivity index (χ0v) is 11.1. The molecule has 0 aromatic carbocycles. The summed E-state index contributed by atoms with van der Waals surface area (Å²) >= 11 is 0. The molecule has 0 saturated heterocycles. The Hall–Kier alpha value is -0.610. The van der Waals surface area contributed by atoms with E-state index in [1.807, 2.05) is 0 Å². The van der Waals surface area contributed by atoms with E-state index in [1.54, 1.807) is 6.92 Å². The molecule has 0 amide bonds. The van der Waals surface area contributed by atoms with Crippen LogP contribution in [0.25, 0.3) is 0 Å².